The van der Waals surface area contributed by atoms with Crippen LogP contribution in [0.5, 0.6) is 0 Å². The van der Waals surface area contributed by atoms with Crippen LogP contribution < -0.4 is 5.32 Å². The standard InChI is InChI=1S/C18H22N4OS/c1-3-21(4-2)9-10-22-8-7-14-11-15(5-6-17(14)22)20-18(23)16-12-24-13-19-16/h5-8,11-13H,3-4,9-10H2,1-2H3,(H,20,23). The molecule has 3 aromatic rings. The maximum absolute atomic E-state index is 12.1. The maximum atomic E-state index is 12.1. The number of fused-ring (bicyclic) bond motifs is 1. The van der Waals surface area contributed by atoms with Crippen molar-refractivity contribution >= 4 is 33.8 Å². The van der Waals surface area contributed by atoms with E-state index in [4.69, 9.17) is 0 Å². The fraction of sp³-hybridized carbons (Fsp3) is 0.333. The van der Waals surface area contributed by atoms with E-state index in [0.717, 1.165) is 37.3 Å². The van der Waals surface area contributed by atoms with E-state index in [1.807, 2.05) is 12.1 Å². The van der Waals surface area contributed by atoms with E-state index in [-0.39, 0.29) is 5.91 Å². The van der Waals surface area contributed by atoms with E-state index in [2.05, 4.69) is 51.9 Å². The van der Waals surface area contributed by atoms with Crippen LogP contribution in [0.1, 0.15) is 24.3 Å². The topological polar surface area (TPSA) is 50.2 Å². The Labute approximate surface area is 145 Å². The van der Waals surface area contributed by atoms with Gasteiger partial charge in [-0.2, -0.15) is 0 Å². The molecule has 2 aromatic heterocycles. The highest BCUT2D eigenvalue weighted by Gasteiger charge is 2.09. The third-order valence-corrected chi connectivity index (χ3v) is 4.83. The van der Waals surface area contributed by atoms with Gasteiger partial charge in [0.1, 0.15) is 5.69 Å². The first kappa shape index (κ1) is 16.7. The summed E-state index contributed by atoms with van der Waals surface area (Å²) in [6.45, 7) is 8.53. The van der Waals surface area contributed by atoms with Gasteiger partial charge in [0.05, 0.1) is 5.51 Å². The lowest BCUT2D eigenvalue weighted by Crippen LogP contribution is -2.26. The van der Waals surface area contributed by atoms with Gasteiger partial charge in [-0.05, 0) is 37.4 Å². The van der Waals surface area contributed by atoms with Gasteiger partial charge in [0.2, 0.25) is 0 Å². The molecule has 1 aromatic carbocycles. The minimum absolute atomic E-state index is 0.170. The molecule has 0 aliphatic carbocycles. The summed E-state index contributed by atoms with van der Waals surface area (Å²) in [5.41, 5.74) is 4.10. The molecule has 0 radical (unpaired) electrons. The van der Waals surface area contributed by atoms with Crippen LogP contribution in [0.25, 0.3) is 10.9 Å². The molecule has 0 unspecified atom stereocenters. The van der Waals surface area contributed by atoms with Crippen LogP contribution in [-0.2, 0) is 6.54 Å². The van der Waals surface area contributed by atoms with Gasteiger partial charge in [0, 0.05) is 41.3 Å². The van der Waals surface area contributed by atoms with Gasteiger partial charge in [0.15, 0.2) is 0 Å². The first-order chi connectivity index (χ1) is 11.7. The van der Waals surface area contributed by atoms with E-state index < -0.39 is 0 Å². The second-order valence-corrected chi connectivity index (χ2v) is 6.36. The molecule has 6 heteroatoms. The van der Waals surface area contributed by atoms with Crippen LogP contribution in [-0.4, -0.2) is 40.0 Å². The monoisotopic (exact) mass is 342 g/mol. The van der Waals surface area contributed by atoms with Crippen molar-refractivity contribution in [3.63, 3.8) is 0 Å². The first-order valence-corrected chi connectivity index (χ1v) is 9.16. The van der Waals surface area contributed by atoms with Gasteiger partial charge in [-0.25, -0.2) is 4.98 Å². The first-order valence-electron chi connectivity index (χ1n) is 8.22. The lowest BCUT2D eigenvalue weighted by Gasteiger charge is -2.18. The minimum Gasteiger partial charge on any atom is -0.346 e. The van der Waals surface area contributed by atoms with Gasteiger partial charge >= 0.3 is 0 Å². The number of anilines is 1. The second-order valence-electron chi connectivity index (χ2n) is 5.64. The van der Waals surface area contributed by atoms with Crippen molar-refractivity contribution in [3.8, 4) is 0 Å². The van der Waals surface area contributed by atoms with Crippen molar-refractivity contribution in [3.05, 3.63) is 47.0 Å². The summed E-state index contributed by atoms with van der Waals surface area (Å²) < 4.78 is 2.26. The van der Waals surface area contributed by atoms with Crippen LogP contribution in [0.3, 0.4) is 0 Å². The Kier molecular flexibility index (Phi) is 5.27. The van der Waals surface area contributed by atoms with Crippen LogP contribution in [0.4, 0.5) is 5.69 Å². The molecule has 0 spiro atoms. The normalized spacial score (nSPS) is 11.3. The molecule has 24 heavy (non-hydrogen) atoms. The predicted octanol–water partition coefficient (Wildman–Crippen LogP) is 3.69. The van der Waals surface area contributed by atoms with Crippen molar-refractivity contribution in [1.29, 1.82) is 0 Å². The summed E-state index contributed by atoms with van der Waals surface area (Å²) in [4.78, 5) is 18.5. The molecule has 126 valence electrons. The van der Waals surface area contributed by atoms with Crippen molar-refractivity contribution in [2.24, 2.45) is 0 Å². The molecule has 0 fully saturated rings. The summed E-state index contributed by atoms with van der Waals surface area (Å²) in [5.74, 6) is -0.170. The molecule has 5 nitrogen and oxygen atoms in total. The number of hydrogen-bond acceptors (Lipinski definition) is 4. The van der Waals surface area contributed by atoms with E-state index in [9.17, 15) is 4.79 Å². The van der Waals surface area contributed by atoms with Gasteiger partial charge in [-0.3, -0.25) is 4.79 Å². The zero-order valence-electron chi connectivity index (χ0n) is 14.0. The molecule has 2 heterocycles. The van der Waals surface area contributed by atoms with Gasteiger partial charge in [-0.1, -0.05) is 13.8 Å². The third kappa shape index (κ3) is 3.66. The molecule has 0 aliphatic heterocycles. The number of aromatic nitrogens is 2. The molecule has 0 saturated carbocycles. The van der Waals surface area contributed by atoms with E-state index in [1.54, 1.807) is 10.9 Å². The van der Waals surface area contributed by atoms with Crippen LogP contribution >= 0.6 is 11.3 Å². The molecule has 0 aliphatic rings. The second kappa shape index (κ2) is 7.59. The third-order valence-electron chi connectivity index (χ3n) is 4.25. The van der Waals surface area contributed by atoms with Crippen molar-refractivity contribution in [1.82, 2.24) is 14.5 Å². The lowest BCUT2D eigenvalue weighted by molar-refractivity contribution is 0.102. The van der Waals surface area contributed by atoms with E-state index in [0.29, 0.717) is 5.69 Å². The Morgan fingerprint density at radius 3 is 2.83 bits per heavy atom. The van der Waals surface area contributed by atoms with E-state index >= 15 is 0 Å². The highest BCUT2D eigenvalue weighted by molar-refractivity contribution is 7.07. The summed E-state index contributed by atoms with van der Waals surface area (Å²) >= 11 is 1.42. The largest absolute Gasteiger partial charge is 0.346 e. The molecule has 1 amide bonds. The predicted molar refractivity (Wildman–Crippen MR) is 99.8 cm³/mol. The zero-order valence-corrected chi connectivity index (χ0v) is 14.8. The number of benzene rings is 1. The van der Waals surface area contributed by atoms with Gasteiger partial charge < -0.3 is 14.8 Å². The van der Waals surface area contributed by atoms with E-state index in [1.165, 1.54) is 16.9 Å². The van der Waals surface area contributed by atoms with Crippen molar-refractivity contribution in [2.75, 3.05) is 25.0 Å². The molecule has 1 N–H and O–H groups in total. The molecular weight excluding hydrogens is 320 g/mol. The zero-order chi connectivity index (χ0) is 16.9. The maximum Gasteiger partial charge on any atom is 0.275 e. The minimum atomic E-state index is -0.170. The smallest absolute Gasteiger partial charge is 0.275 e. The number of carbonyl (C=O) groups is 1. The number of rotatable bonds is 7. The van der Waals surface area contributed by atoms with Crippen molar-refractivity contribution in [2.45, 2.75) is 20.4 Å². The fourth-order valence-corrected chi connectivity index (χ4v) is 3.31. The van der Waals surface area contributed by atoms with Crippen molar-refractivity contribution < 1.29 is 4.79 Å². The van der Waals surface area contributed by atoms with Gasteiger partial charge in [-0.15, -0.1) is 11.3 Å². The van der Waals surface area contributed by atoms with Crippen LogP contribution in [0, 0.1) is 0 Å². The summed E-state index contributed by atoms with van der Waals surface area (Å²) in [5, 5.41) is 5.78. The number of carbonyl (C=O) groups excluding carboxylic acids is 1. The number of amides is 1. The molecule has 3 rings (SSSR count). The average molecular weight is 342 g/mol. The highest BCUT2D eigenvalue weighted by Crippen LogP contribution is 2.21. The van der Waals surface area contributed by atoms with Gasteiger partial charge in [0.25, 0.3) is 5.91 Å². The molecule has 0 bridgehead atoms. The number of nitrogens with zero attached hydrogens (tertiary/aromatic N) is 3. The van der Waals surface area contributed by atoms with Crippen LogP contribution in [0.15, 0.2) is 41.4 Å². The SMILES string of the molecule is CCN(CC)CCn1ccc2cc(NC(=O)c3cscn3)ccc21. The summed E-state index contributed by atoms with van der Waals surface area (Å²) in [7, 11) is 0. The Hall–Kier alpha value is -2.18. The molecular formula is C18H22N4OS. The summed E-state index contributed by atoms with van der Waals surface area (Å²) in [6, 6.07) is 8.11. The lowest BCUT2D eigenvalue weighted by atomic mass is 10.2. The number of hydrogen-bond donors (Lipinski definition) is 1. The Bertz CT molecular complexity index is 806. The average Bonchev–Trinajstić information content (AvgIpc) is 3.25. The quantitative estimate of drug-likeness (QED) is 0.712. The number of likely N-dealkylation sites (N-methyl/N-ethyl adjacent to an activating group) is 1. The highest BCUT2D eigenvalue weighted by atomic mass is 32.1. The number of thiazole rings is 1. The fourth-order valence-electron chi connectivity index (χ4n) is 2.78. The Balaban J connectivity index is 1.72. The Morgan fingerprint density at radius 2 is 2.12 bits per heavy atom. The molecule has 0 atom stereocenters. The number of nitrogens with one attached hydrogen (secondary N) is 1. The summed E-state index contributed by atoms with van der Waals surface area (Å²) in [6.07, 6.45) is 2.11. The Morgan fingerprint density at radius 1 is 1.29 bits per heavy atom. The van der Waals surface area contributed by atoms with Crippen LogP contribution in [0.2, 0.25) is 0 Å². The molecule has 0 saturated heterocycles.